The Morgan fingerprint density at radius 3 is 2.36 bits per heavy atom. The zero-order valence-corrected chi connectivity index (χ0v) is 6.97. The molecule has 0 saturated heterocycles. The van der Waals surface area contributed by atoms with Crippen LogP contribution in [-0.2, 0) is 0 Å². The molecular formula is C9H9ClO. The molecule has 1 aromatic rings. The van der Waals surface area contributed by atoms with Gasteiger partial charge in [-0.25, -0.2) is 0 Å². The molecule has 0 spiro atoms. The molecule has 0 saturated carbocycles. The molecule has 0 unspecified atom stereocenters. The highest BCUT2D eigenvalue weighted by Crippen LogP contribution is 2.11. The molecule has 1 rings (SSSR count). The highest BCUT2D eigenvalue weighted by molar-refractivity contribution is 6.30. The summed E-state index contributed by atoms with van der Waals surface area (Å²) in [6.45, 7) is 1.63. The third kappa shape index (κ3) is 2.64. The summed E-state index contributed by atoms with van der Waals surface area (Å²) in [5, 5.41) is 9.61. The summed E-state index contributed by atoms with van der Waals surface area (Å²) in [4.78, 5) is 0. The molecule has 0 amide bonds. The van der Waals surface area contributed by atoms with Crippen molar-refractivity contribution in [3.05, 3.63) is 40.6 Å². The summed E-state index contributed by atoms with van der Waals surface area (Å²) in [6, 6.07) is 7.27. The summed E-state index contributed by atoms with van der Waals surface area (Å²) in [6.07, 6.45) is 1.68. The lowest BCUT2D eigenvalue weighted by molar-refractivity contribution is 0.420. The van der Waals surface area contributed by atoms with E-state index in [2.05, 4.69) is 0 Å². The molecule has 1 N–H and O–H groups in total. The van der Waals surface area contributed by atoms with Crippen LogP contribution in [0.15, 0.2) is 30.0 Å². The Bertz CT molecular complexity index is 257. The molecule has 58 valence electrons. The average molecular weight is 169 g/mol. The van der Waals surface area contributed by atoms with Crippen molar-refractivity contribution in [1.29, 1.82) is 0 Å². The normalized spacial score (nSPS) is 11.6. The van der Waals surface area contributed by atoms with Crippen LogP contribution < -0.4 is 0 Å². The molecule has 0 fully saturated rings. The Morgan fingerprint density at radius 1 is 1.36 bits per heavy atom. The first-order valence-electron chi connectivity index (χ1n) is 3.31. The molecule has 2 heteroatoms. The lowest BCUT2D eigenvalue weighted by Crippen LogP contribution is -1.73. The molecule has 0 aliphatic rings. The lowest BCUT2D eigenvalue weighted by atomic mass is 10.2. The maximum Gasteiger partial charge on any atom is 0.0897 e. The Balaban J connectivity index is 2.91. The molecule has 11 heavy (non-hydrogen) atoms. The van der Waals surface area contributed by atoms with E-state index in [-0.39, 0.29) is 0 Å². The summed E-state index contributed by atoms with van der Waals surface area (Å²) >= 11 is 5.67. The first-order valence-corrected chi connectivity index (χ1v) is 3.69. The third-order valence-corrected chi connectivity index (χ3v) is 1.50. The van der Waals surface area contributed by atoms with E-state index in [0.29, 0.717) is 10.8 Å². The second-order valence-corrected chi connectivity index (χ2v) is 2.77. The fraction of sp³-hybridized carbons (Fsp3) is 0.111. The SMILES string of the molecule is C/C(O)=C/c1ccc(Cl)cc1. The Labute approximate surface area is 70.9 Å². The zero-order valence-electron chi connectivity index (χ0n) is 6.21. The number of aliphatic hydroxyl groups is 1. The molecule has 0 heterocycles. The number of benzene rings is 1. The van der Waals surface area contributed by atoms with E-state index in [9.17, 15) is 0 Å². The molecule has 0 bridgehead atoms. The van der Waals surface area contributed by atoms with Crippen LogP contribution >= 0.6 is 11.6 Å². The Morgan fingerprint density at radius 2 is 1.91 bits per heavy atom. The highest BCUT2D eigenvalue weighted by atomic mass is 35.5. The minimum atomic E-state index is 0.298. The van der Waals surface area contributed by atoms with Crippen LogP contribution in [0.3, 0.4) is 0 Å². The van der Waals surface area contributed by atoms with Crippen molar-refractivity contribution in [2.45, 2.75) is 6.92 Å². The van der Waals surface area contributed by atoms with Gasteiger partial charge in [-0.3, -0.25) is 0 Å². The van der Waals surface area contributed by atoms with Crippen molar-refractivity contribution in [2.24, 2.45) is 0 Å². The number of aliphatic hydroxyl groups excluding tert-OH is 1. The summed E-state index contributed by atoms with van der Waals surface area (Å²) in [5.41, 5.74) is 0.953. The standard InChI is InChI=1S/C9H9ClO/c1-7(11)6-8-2-4-9(10)5-3-8/h2-6,11H,1H3/b7-6-. The minimum absolute atomic E-state index is 0.298. The van der Waals surface area contributed by atoms with Crippen LogP contribution in [0.1, 0.15) is 12.5 Å². The Kier molecular flexibility index (Phi) is 2.55. The third-order valence-electron chi connectivity index (χ3n) is 1.25. The second-order valence-electron chi connectivity index (χ2n) is 2.34. The van der Waals surface area contributed by atoms with Crippen molar-refractivity contribution in [3.8, 4) is 0 Å². The lowest BCUT2D eigenvalue weighted by Gasteiger charge is -1.93. The second kappa shape index (κ2) is 3.44. The van der Waals surface area contributed by atoms with E-state index in [1.54, 1.807) is 25.1 Å². The van der Waals surface area contributed by atoms with Gasteiger partial charge in [0.25, 0.3) is 0 Å². The summed E-state index contributed by atoms with van der Waals surface area (Å²) in [5.74, 6) is 0.298. The predicted octanol–water partition coefficient (Wildman–Crippen LogP) is 3.26. The number of hydrogen-bond acceptors (Lipinski definition) is 1. The van der Waals surface area contributed by atoms with Crippen LogP contribution in [0.4, 0.5) is 0 Å². The average Bonchev–Trinajstić information content (AvgIpc) is 1.93. The predicted molar refractivity (Wildman–Crippen MR) is 47.7 cm³/mol. The molecular weight excluding hydrogens is 160 g/mol. The van der Waals surface area contributed by atoms with Crippen LogP contribution in [0, 0.1) is 0 Å². The van der Waals surface area contributed by atoms with Crippen molar-refractivity contribution >= 4 is 17.7 Å². The van der Waals surface area contributed by atoms with Gasteiger partial charge in [-0.2, -0.15) is 0 Å². The van der Waals surface area contributed by atoms with Gasteiger partial charge in [0.2, 0.25) is 0 Å². The van der Waals surface area contributed by atoms with Gasteiger partial charge in [0.1, 0.15) is 0 Å². The van der Waals surface area contributed by atoms with E-state index in [1.807, 2.05) is 12.1 Å². The van der Waals surface area contributed by atoms with Gasteiger partial charge in [-0.1, -0.05) is 23.7 Å². The molecule has 0 aliphatic carbocycles. The van der Waals surface area contributed by atoms with Crippen LogP contribution in [0.2, 0.25) is 5.02 Å². The van der Waals surface area contributed by atoms with E-state index in [1.165, 1.54) is 0 Å². The van der Waals surface area contributed by atoms with Gasteiger partial charge in [-0.05, 0) is 30.7 Å². The topological polar surface area (TPSA) is 20.2 Å². The van der Waals surface area contributed by atoms with E-state index < -0.39 is 0 Å². The van der Waals surface area contributed by atoms with Crippen LogP contribution in [-0.4, -0.2) is 5.11 Å². The first-order chi connectivity index (χ1) is 5.18. The van der Waals surface area contributed by atoms with Gasteiger partial charge in [0.05, 0.1) is 5.76 Å². The fourth-order valence-electron chi connectivity index (χ4n) is 0.800. The van der Waals surface area contributed by atoms with E-state index >= 15 is 0 Å². The molecule has 1 aromatic carbocycles. The van der Waals surface area contributed by atoms with Gasteiger partial charge in [0.15, 0.2) is 0 Å². The maximum absolute atomic E-state index is 8.90. The van der Waals surface area contributed by atoms with Crippen LogP contribution in [0.5, 0.6) is 0 Å². The quantitative estimate of drug-likeness (QED) is 0.639. The van der Waals surface area contributed by atoms with Crippen molar-refractivity contribution < 1.29 is 5.11 Å². The largest absolute Gasteiger partial charge is 0.513 e. The molecule has 0 radical (unpaired) electrons. The monoisotopic (exact) mass is 168 g/mol. The molecule has 0 atom stereocenters. The fourth-order valence-corrected chi connectivity index (χ4v) is 0.926. The van der Waals surface area contributed by atoms with Gasteiger partial charge in [-0.15, -0.1) is 0 Å². The zero-order chi connectivity index (χ0) is 8.27. The Hall–Kier alpha value is -0.950. The highest BCUT2D eigenvalue weighted by Gasteiger charge is 1.88. The molecule has 0 aliphatic heterocycles. The molecule has 1 nitrogen and oxygen atoms in total. The van der Waals surface area contributed by atoms with Crippen molar-refractivity contribution in [2.75, 3.05) is 0 Å². The van der Waals surface area contributed by atoms with E-state index in [4.69, 9.17) is 16.7 Å². The van der Waals surface area contributed by atoms with Gasteiger partial charge in [0, 0.05) is 5.02 Å². The number of halogens is 1. The van der Waals surface area contributed by atoms with Gasteiger partial charge >= 0.3 is 0 Å². The smallest absolute Gasteiger partial charge is 0.0897 e. The number of rotatable bonds is 1. The number of allylic oxidation sites excluding steroid dienone is 1. The van der Waals surface area contributed by atoms with E-state index in [0.717, 1.165) is 5.56 Å². The van der Waals surface area contributed by atoms with Crippen molar-refractivity contribution in [1.82, 2.24) is 0 Å². The molecule has 0 aromatic heterocycles. The van der Waals surface area contributed by atoms with Gasteiger partial charge < -0.3 is 5.11 Å². The van der Waals surface area contributed by atoms with Crippen molar-refractivity contribution in [3.63, 3.8) is 0 Å². The minimum Gasteiger partial charge on any atom is -0.513 e. The summed E-state index contributed by atoms with van der Waals surface area (Å²) in [7, 11) is 0. The summed E-state index contributed by atoms with van der Waals surface area (Å²) < 4.78 is 0. The number of hydrogen-bond donors (Lipinski definition) is 1. The van der Waals surface area contributed by atoms with Crippen LogP contribution in [0.25, 0.3) is 6.08 Å². The maximum atomic E-state index is 8.90. The first kappa shape index (κ1) is 8.15.